The lowest BCUT2D eigenvalue weighted by atomic mass is 10.1. The molecule has 6 nitrogen and oxygen atoms in total. The summed E-state index contributed by atoms with van der Waals surface area (Å²) in [7, 11) is 1.66. The van der Waals surface area contributed by atoms with Crippen molar-refractivity contribution in [2.24, 2.45) is 0 Å². The van der Waals surface area contributed by atoms with Gasteiger partial charge in [0.15, 0.2) is 0 Å². The summed E-state index contributed by atoms with van der Waals surface area (Å²) >= 11 is 0. The molecule has 3 aromatic rings. The number of ether oxygens (including phenoxy) is 1. The second kappa shape index (κ2) is 8.99. The topological polar surface area (TPSA) is 76.1 Å². The average molecular weight is 376 g/mol. The molecule has 6 heteroatoms. The summed E-state index contributed by atoms with van der Waals surface area (Å²) in [5.41, 5.74) is 4.35. The third-order valence-corrected chi connectivity index (χ3v) is 4.39. The predicted octanol–water partition coefficient (Wildman–Crippen LogP) is 4.01. The molecular weight excluding hydrogens is 352 g/mol. The van der Waals surface area contributed by atoms with E-state index in [1.54, 1.807) is 19.4 Å². The summed E-state index contributed by atoms with van der Waals surface area (Å²) in [6.07, 6.45) is 2.34. The second-order valence-electron chi connectivity index (χ2n) is 6.53. The number of aryl methyl sites for hydroxylation is 2. The molecule has 2 N–H and O–H groups in total. The van der Waals surface area contributed by atoms with Gasteiger partial charge in [0.05, 0.1) is 7.11 Å². The monoisotopic (exact) mass is 376 g/mol. The largest absolute Gasteiger partial charge is 0.496 e. The maximum absolute atomic E-state index is 12.5. The minimum atomic E-state index is -0.262. The van der Waals surface area contributed by atoms with Gasteiger partial charge in [0.1, 0.15) is 11.4 Å². The van der Waals surface area contributed by atoms with Crippen molar-refractivity contribution in [3.8, 4) is 5.75 Å². The fraction of sp³-hybridized carbons (Fsp3) is 0.227. The molecule has 0 atom stereocenters. The Balaban J connectivity index is 1.62. The number of methoxy groups -OCH3 is 1. The van der Waals surface area contributed by atoms with Gasteiger partial charge in [0.25, 0.3) is 5.91 Å². The van der Waals surface area contributed by atoms with Gasteiger partial charge in [0, 0.05) is 18.4 Å². The normalized spacial score (nSPS) is 10.4. The van der Waals surface area contributed by atoms with Crippen LogP contribution in [0.15, 0.2) is 54.7 Å². The van der Waals surface area contributed by atoms with Crippen molar-refractivity contribution in [2.45, 2.75) is 20.3 Å². The van der Waals surface area contributed by atoms with Crippen molar-refractivity contribution in [1.29, 1.82) is 0 Å². The third kappa shape index (κ3) is 4.85. The van der Waals surface area contributed by atoms with Crippen molar-refractivity contribution in [1.82, 2.24) is 9.97 Å². The molecule has 0 saturated carbocycles. The number of hydrogen-bond donors (Lipinski definition) is 2. The molecule has 1 amide bonds. The summed E-state index contributed by atoms with van der Waals surface area (Å²) in [5, 5.41) is 6.07. The molecular formula is C22H24N4O2. The number of anilines is 2. The number of carbonyl (C=O) groups excluding carboxylic acids is 1. The number of carbonyl (C=O) groups is 1. The minimum absolute atomic E-state index is 0.262. The molecule has 28 heavy (non-hydrogen) atoms. The summed E-state index contributed by atoms with van der Waals surface area (Å²) in [6, 6.07) is 15.4. The van der Waals surface area contributed by atoms with Gasteiger partial charge in [-0.1, -0.05) is 35.9 Å². The van der Waals surface area contributed by atoms with E-state index in [-0.39, 0.29) is 5.91 Å². The highest BCUT2D eigenvalue weighted by Gasteiger charge is 2.11. The van der Waals surface area contributed by atoms with Crippen molar-refractivity contribution in [2.75, 3.05) is 24.3 Å². The van der Waals surface area contributed by atoms with E-state index in [2.05, 4.69) is 20.6 Å². The number of para-hydroxylation sites is 1. The van der Waals surface area contributed by atoms with E-state index in [1.165, 1.54) is 0 Å². The Labute approximate surface area is 165 Å². The highest BCUT2D eigenvalue weighted by atomic mass is 16.5. The molecule has 144 valence electrons. The lowest BCUT2D eigenvalue weighted by molar-refractivity contribution is 0.102. The molecule has 0 unspecified atom stereocenters. The molecule has 0 aliphatic rings. The van der Waals surface area contributed by atoms with Crippen molar-refractivity contribution in [3.05, 3.63) is 77.1 Å². The maximum atomic E-state index is 12.5. The minimum Gasteiger partial charge on any atom is -0.496 e. The molecule has 0 bridgehead atoms. The first-order chi connectivity index (χ1) is 13.6. The van der Waals surface area contributed by atoms with E-state index >= 15 is 0 Å². The Morgan fingerprint density at radius 2 is 1.93 bits per heavy atom. The highest BCUT2D eigenvalue weighted by molar-refractivity contribution is 6.03. The van der Waals surface area contributed by atoms with Crippen LogP contribution in [0.2, 0.25) is 0 Å². The Kier molecular flexibility index (Phi) is 6.22. The fourth-order valence-corrected chi connectivity index (χ4v) is 2.93. The Morgan fingerprint density at radius 3 is 2.71 bits per heavy atom. The van der Waals surface area contributed by atoms with Gasteiger partial charge in [-0.15, -0.1) is 0 Å². The molecule has 1 heterocycles. The molecule has 2 aromatic carbocycles. The predicted molar refractivity (Wildman–Crippen MR) is 111 cm³/mol. The smallest absolute Gasteiger partial charge is 0.274 e. The summed E-state index contributed by atoms with van der Waals surface area (Å²) in [5.74, 6) is 1.01. The van der Waals surface area contributed by atoms with Gasteiger partial charge in [-0.3, -0.25) is 4.79 Å². The Bertz CT molecular complexity index is 972. The van der Waals surface area contributed by atoms with E-state index < -0.39 is 0 Å². The third-order valence-electron chi connectivity index (χ3n) is 4.39. The number of amides is 1. The summed E-state index contributed by atoms with van der Waals surface area (Å²) in [6.45, 7) is 4.61. The SMILES string of the molecule is COc1ccccc1CCNc1nccc(C(=O)Nc2ccc(C)cc2C)n1. The molecule has 3 rings (SSSR count). The molecule has 0 aliphatic heterocycles. The van der Waals surface area contributed by atoms with Gasteiger partial charge in [0.2, 0.25) is 5.95 Å². The number of benzene rings is 2. The van der Waals surface area contributed by atoms with Crippen molar-refractivity contribution in [3.63, 3.8) is 0 Å². The van der Waals surface area contributed by atoms with Crippen LogP contribution in [0.25, 0.3) is 0 Å². The van der Waals surface area contributed by atoms with Crippen LogP contribution in [0.1, 0.15) is 27.2 Å². The molecule has 0 fully saturated rings. The van der Waals surface area contributed by atoms with Crippen molar-refractivity contribution >= 4 is 17.5 Å². The number of aromatic nitrogens is 2. The van der Waals surface area contributed by atoms with E-state index in [1.807, 2.05) is 56.3 Å². The first-order valence-electron chi connectivity index (χ1n) is 9.14. The highest BCUT2D eigenvalue weighted by Crippen LogP contribution is 2.18. The number of rotatable bonds is 7. The second-order valence-corrected chi connectivity index (χ2v) is 6.53. The van der Waals surface area contributed by atoms with Gasteiger partial charge >= 0.3 is 0 Å². The number of hydrogen-bond acceptors (Lipinski definition) is 5. The summed E-state index contributed by atoms with van der Waals surface area (Å²) in [4.78, 5) is 21.1. The van der Waals surface area contributed by atoms with Gasteiger partial charge in [-0.2, -0.15) is 0 Å². The Morgan fingerprint density at radius 1 is 1.11 bits per heavy atom. The van der Waals surface area contributed by atoms with Crippen LogP contribution in [-0.2, 0) is 6.42 Å². The standard InChI is InChI=1S/C22H24N4O2/c1-15-8-9-18(16(2)14-15)25-21(27)19-11-13-24-22(26-19)23-12-10-17-6-4-5-7-20(17)28-3/h4-9,11,13-14H,10,12H2,1-3H3,(H,25,27)(H,23,24,26). The van der Waals surface area contributed by atoms with Gasteiger partial charge in [-0.05, 0) is 49.6 Å². The molecule has 0 aliphatic carbocycles. The Hall–Kier alpha value is -3.41. The fourth-order valence-electron chi connectivity index (χ4n) is 2.93. The summed E-state index contributed by atoms with van der Waals surface area (Å²) < 4.78 is 5.36. The van der Waals surface area contributed by atoms with Gasteiger partial charge < -0.3 is 15.4 Å². The van der Waals surface area contributed by atoms with E-state index in [0.717, 1.165) is 34.5 Å². The van der Waals surface area contributed by atoms with E-state index in [4.69, 9.17) is 4.74 Å². The van der Waals surface area contributed by atoms with Crippen LogP contribution in [0.3, 0.4) is 0 Å². The maximum Gasteiger partial charge on any atom is 0.274 e. The van der Waals surface area contributed by atoms with E-state index in [0.29, 0.717) is 18.2 Å². The van der Waals surface area contributed by atoms with Gasteiger partial charge in [-0.25, -0.2) is 9.97 Å². The molecule has 1 aromatic heterocycles. The van der Waals surface area contributed by atoms with Crippen molar-refractivity contribution < 1.29 is 9.53 Å². The number of nitrogens with zero attached hydrogens (tertiary/aromatic N) is 2. The van der Waals surface area contributed by atoms with E-state index in [9.17, 15) is 4.79 Å². The zero-order valence-electron chi connectivity index (χ0n) is 16.3. The average Bonchev–Trinajstić information content (AvgIpc) is 2.70. The first-order valence-corrected chi connectivity index (χ1v) is 9.14. The lowest BCUT2D eigenvalue weighted by Crippen LogP contribution is -2.16. The molecule has 0 spiro atoms. The quantitative estimate of drug-likeness (QED) is 0.652. The van der Waals surface area contributed by atoms with Crippen LogP contribution < -0.4 is 15.4 Å². The van der Waals surface area contributed by atoms with Crippen LogP contribution in [0, 0.1) is 13.8 Å². The zero-order valence-corrected chi connectivity index (χ0v) is 16.3. The lowest BCUT2D eigenvalue weighted by Gasteiger charge is -2.10. The van der Waals surface area contributed by atoms with Crippen LogP contribution >= 0.6 is 0 Å². The zero-order chi connectivity index (χ0) is 19.9. The number of nitrogens with one attached hydrogen (secondary N) is 2. The molecule has 0 saturated heterocycles. The van der Waals surface area contributed by atoms with Crippen LogP contribution in [0.5, 0.6) is 5.75 Å². The van der Waals surface area contributed by atoms with Crippen LogP contribution in [0.4, 0.5) is 11.6 Å². The first kappa shape index (κ1) is 19.4. The van der Waals surface area contributed by atoms with Crippen LogP contribution in [-0.4, -0.2) is 29.5 Å². The molecule has 0 radical (unpaired) electrons.